The summed E-state index contributed by atoms with van der Waals surface area (Å²) in [6.07, 6.45) is -8.34. The first-order valence-electron chi connectivity index (χ1n) is 13.7. The SMILES string of the molecule is Cc1ccccc1-c1cc(N2CC[N+](C)(O)CC2)[n+](C)cc1N(C)C(=O)C(C)(C)c1cc(C(F)(F)F)cc(C(F)(F)F)c1. The van der Waals surface area contributed by atoms with Gasteiger partial charge in [-0.25, -0.2) is 14.7 Å². The summed E-state index contributed by atoms with van der Waals surface area (Å²) in [5.41, 5.74) is -2.28. The number of amides is 1. The molecule has 0 spiro atoms. The maximum absolute atomic E-state index is 14.0. The van der Waals surface area contributed by atoms with Crippen molar-refractivity contribution in [1.82, 2.24) is 0 Å². The molecule has 1 N–H and O–H groups in total. The van der Waals surface area contributed by atoms with Crippen LogP contribution in [0.1, 0.15) is 36.1 Å². The van der Waals surface area contributed by atoms with Gasteiger partial charge < -0.3 is 4.90 Å². The number of hydrogen-bond donors (Lipinski definition) is 1. The highest BCUT2D eigenvalue weighted by Gasteiger charge is 2.42. The first-order valence-corrected chi connectivity index (χ1v) is 13.7. The zero-order chi connectivity index (χ0) is 32.1. The zero-order valence-electron chi connectivity index (χ0n) is 24.9. The first-order chi connectivity index (χ1) is 19.7. The zero-order valence-corrected chi connectivity index (χ0v) is 24.9. The number of nitrogens with zero attached hydrogens (tertiary/aromatic N) is 4. The first kappa shape index (κ1) is 32.3. The number of benzene rings is 2. The van der Waals surface area contributed by atoms with Crippen LogP contribution in [0.4, 0.5) is 37.8 Å². The summed E-state index contributed by atoms with van der Waals surface area (Å²) in [4.78, 5) is 17.4. The molecule has 0 aliphatic carbocycles. The molecule has 12 heteroatoms. The van der Waals surface area contributed by atoms with Gasteiger partial charge in [-0.2, -0.15) is 31.0 Å². The number of quaternary nitrogens is 1. The molecule has 2 heterocycles. The number of alkyl halides is 6. The fourth-order valence-corrected chi connectivity index (χ4v) is 5.39. The van der Waals surface area contributed by atoms with Crippen molar-refractivity contribution in [3.63, 3.8) is 0 Å². The van der Waals surface area contributed by atoms with E-state index in [4.69, 9.17) is 0 Å². The van der Waals surface area contributed by atoms with Crippen molar-refractivity contribution in [1.29, 1.82) is 0 Å². The Hall–Kier alpha value is -3.64. The van der Waals surface area contributed by atoms with Crippen molar-refractivity contribution in [3.8, 4) is 11.1 Å². The fraction of sp³-hybridized carbons (Fsp3) is 0.419. The fourth-order valence-electron chi connectivity index (χ4n) is 5.39. The molecule has 43 heavy (non-hydrogen) atoms. The van der Waals surface area contributed by atoms with Crippen molar-refractivity contribution in [2.45, 2.75) is 38.5 Å². The summed E-state index contributed by atoms with van der Waals surface area (Å²) < 4.78 is 83.5. The monoisotopic (exact) mass is 610 g/mol. The second-order valence-electron chi connectivity index (χ2n) is 11.9. The molecule has 0 unspecified atom stereocenters. The molecule has 1 saturated heterocycles. The van der Waals surface area contributed by atoms with E-state index < -0.39 is 40.4 Å². The molecular weight excluding hydrogens is 574 g/mol. The molecule has 232 valence electrons. The maximum Gasteiger partial charge on any atom is 0.416 e. The van der Waals surface area contributed by atoms with Gasteiger partial charge in [-0.05, 0) is 55.7 Å². The number of aryl methyl sites for hydroxylation is 2. The smallest absolute Gasteiger partial charge is 0.311 e. The minimum absolute atomic E-state index is 0.0572. The summed E-state index contributed by atoms with van der Waals surface area (Å²) in [6, 6.07) is 10.7. The van der Waals surface area contributed by atoms with Crippen LogP contribution >= 0.6 is 0 Å². The van der Waals surface area contributed by atoms with Crippen molar-refractivity contribution in [2.24, 2.45) is 7.05 Å². The molecule has 0 bridgehead atoms. The van der Waals surface area contributed by atoms with Crippen molar-refractivity contribution >= 4 is 17.4 Å². The molecule has 0 saturated carbocycles. The van der Waals surface area contributed by atoms with E-state index in [1.807, 2.05) is 41.8 Å². The highest BCUT2D eigenvalue weighted by molar-refractivity contribution is 6.03. The molecule has 1 aromatic heterocycles. The Labute approximate surface area is 246 Å². The molecule has 1 amide bonds. The highest BCUT2D eigenvalue weighted by Crippen LogP contribution is 2.41. The van der Waals surface area contributed by atoms with Crippen LogP contribution in [0.5, 0.6) is 0 Å². The lowest BCUT2D eigenvalue weighted by atomic mass is 9.81. The number of carbonyl (C=O) groups excluding carboxylic acids is 1. The number of halogens is 6. The van der Waals surface area contributed by atoms with Crippen molar-refractivity contribution in [2.75, 3.05) is 50.1 Å². The summed E-state index contributed by atoms with van der Waals surface area (Å²) in [6.45, 7) is 6.71. The van der Waals surface area contributed by atoms with Gasteiger partial charge in [-0.3, -0.25) is 4.79 Å². The second-order valence-corrected chi connectivity index (χ2v) is 11.9. The lowest BCUT2D eigenvalue weighted by Gasteiger charge is -2.34. The molecule has 6 nitrogen and oxygen atoms in total. The third-order valence-corrected chi connectivity index (χ3v) is 8.20. The third-order valence-electron chi connectivity index (χ3n) is 8.20. The molecule has 4 rings (SSSR count). The number of carbonyl (C=O) groups is 1. The summed E-state index contributed by atoms with van der Waals surface area (Å²) in [5.74, 6) is 0.142. The van der Waals surface area contributed by atoms with Gasteiger partial charge in [0.05, 0.1) is 36.3 Å². The number of anilines is 2. The summed E-state index contributed by atoms with van der Waals surface area (Å²) >= 11 is 0. The van der Waals surface area contributed by atoms with Crippen LogP contribution in [-0.4, -0.2) is 56.0 Å². The van der Waals surface area contributed by atoms with Crippen LogP contribution in [0.2, 0.25) is 0 Å². The van der Waals surface area contributed by atoms with Crippen molar-refractivity contribution < 1.29 is 45.6 Å². The quantitative estimate of drug-likeness (QED) is 0.215. The van der Waals surface area contributed by atoms with Crippen LogP contribution in [0.25, 0.3) is 11.1 Å². The van der Waals surface area contributed by atoms with E-state index in [9.17, 15) is 36.3 Å². The van der Waals surface area contributed by atoms with Crippen LogP contribution in [0, 0.1) is 6.92 Å². The van der Waals surface area contributed by atoms with Gasteiger partial charge >= 0.3 is 12.4 Å². The number of hydrogen-bond acceptors (Lipinski definition) is 3. The number of hydroxylamine groups is 3. The Morgan fingerprint density at radius 1 is 0.907 bits per heavy atom. The van der Waals surface area contributed by atoms with Gasteiger partial charge in [0.1, 0.15) is 32.4 Å². The molecular formula is C31H36F6N4O2+2. The van der Waals surface area contributed by atoms with Gasteiger partial charge in [-0.1, -0.05) is 24.3 Å². The minimum atomic E-state index is -5.04. The van der Waals surface area contributed by atoms with Gasteiger partial charge in [0.15, 0.2) is 0 Å². The molecule has 0 atom stereocenters. The molecule has 1 aliphatic rings. The Morgan fingerprint density at radius 3 is 1.93 bits per heavy atom. The average molecular weight is 611 g/mol. The van der Waals surface area contributed by atoms with Crippen molar-refractivity contribution in [3.05, 3.63) is 77.0 Å². The molecule has 3 aromatic rings. The number of piperazine rings is 1. The Kier molecular flexibility index (Phi) is 8.35. The predicted molar refractivity (Wildman–Crippen MR) is 151 cm³/mol. The van der Waals surface area contributed by atoms with Gasteiger partial charge in [-0.15, -0.1) is 0 Å². The van der Waals surface area contributed by atoms with Gasteiger partial charge in [0.2, 0.25) is 5.91 Å². The van der Waals surface area contributed by atoms with E-state index in [-0.39, 0.29) is 10.7 Å². The largest absolute Gasteiger partial charge is 0.416 e. The summed E-state index contributed by atoms with van der Waals surface area (Å²) in [7, 11) is 5.01. The lowest BCUT2D eigenvalue weighted by molar-refractivity contribution is -1.09. The lowest BCUT2D eigenvalue weighted by Crippen LogP contribution is -2.57. The van der Waals surface area contributed by atoms with E-state index in [0.29, 0.717) is 49.6 Å². The van der Waals surface area contributed by atoms with Gasteiger partial charge in [0, 0.05) is 18.7 Å². The number of aromatic nitrogens is 1. The van der Waals surface area contributed by atoms with Crippen LogP contribution in [0.3, 0.4) is 0 Å². The molecule has 0 radical (unpaired) electrons. The third kappa shape index (κ3) is 6.65. The van der Waals surface area contributed by atoms with Crippen LogP contribution in [0.15, 0.2) is 54.7 Å². The second kappa shape index (κ2) is 11.1. The summed E-state index contributed by atoms with van der Waals surface area (Å²) in [5, 5.41) is 10.4. The molecule has 1 aliphatic heterocycles. The standard InChI is InChI=1S/C31H36F6N4O2/c1-20-9-7-8-10-24(20)25-18-27(40-11-13-41(6,43)14-12-40)38(4)19-26(25)39(5)28(42)29(2,3)21-15-22(30(32,33)34)17-23(16-21)31(35,36)37/h7-10,15-19,43H,11-14H2,1-6H3/q+2. The average Bonchev–Trinajstić information content (AvgIpc) is 2.91. The van der Waals surface area contributed by atoms with E-state index in [2.05, 4.69) is 4.90 Å². The van der Waals surface area contributed by atoms with E-state index >= 15 is 0 Å². The molecule has 2 aromatic carbocycles. The topological polar surface area (TPSA) is 47.7 Å². The molecule has 1 fully saturated rings. The Balaban J connectivity index is 1.83. The maximum atomic E-state index is 14.0. The van der Waals surface area contributed by atoms with E-state index in [1.54, 1.807) is 20.3 Å². The Bertz CT molecular complexity index is 1490. The van der Waals surface area contributed by atoms with Crippen LogP contribution in [-0.2, 0) is 29.6 Å². The van der Waals surface area contributed by atoms with E-state index in [1.165, 1.54) is 25.8 Å². The van der Waals surface area contributed by atoms with Gasteiger partial charge in [0.25, 0.3) is 5.82 Å². The highest BCUT2D eigenvalue weighted by atomic mass is 19.4. The Morgan fingerprint density at radius 2 is 1.42 bits per heavy atom. The number of likely N-dealkylation sites (N-methyl/N-ethyl adjacent to an activating group) is 2. The minimum Gasteiger partial charge on any atom is -0.311 e. The number of pyridine rings is 1. The predicted octanol–water partition coefficient (Wildman–Crippen LogP) is 6.12. The number of rotatable bonds is 5. The van der Waals surface area contributed by atoms with Crippen LogP contribution < -0.4 is 14.4 Å². The normalized spacial score (nSPS) is 15.9. The van der Waals surface area contributed by atoms with E-state index in [0.717, 1.165) is 16.9 Å².